The zero-order valence-electron chi connectivity index (χ0n) is 6.53. The van der Waals surface area contributed by atoms with Gasteiger partial charge in [0.1, 0.15) is 0 Å². The van der Waals surface area contributed by atoms with Gasteiger partial charge in [0.15, 0.2) is 6.21 Å². The van der Waals surface area contributed by atoms with Gasteiger partial charge in [0.05, 0.1) is 0 Å². The molecule has 0 amide bonds. The van der Waals surface area contributed by atoms with Crippen LogP contribution in [0.4, 0.5) is 0 Å². The van der Waals surface area contributed by atoms with Gasteiger partial charge in [0.2, 0.25) is 0 Å². The molecule has 0 aromatic heterocycles. The van der Waals surface area contributed by atoms with E-state index in [4.69, 9.17) is 11.6 Å². The van der Waals surface area contributed by atoms with E-state index in [0.717, 1.165) is 6.21 Å². The van der Waals surface area contributed by atoms with Crippen LogP contribution in [0.25, 0.3) is 0 Å². The maximum Gasteiger partial charge on any atom is 1.00 e. The van der Waals surface area contributed by atoms with Gasteiger partial charge in [-0.25, -0.2) is 0 Å². The monoisotopic (exact) mass is 193 g/mol. The molecule has 0 aliphatic rings. The molecular formula is C7H5ClNNaO2. The van der Waals surface area contributed by atoms with Crippen LogP contribution in [0.1, 0.15) is 5.56 Å². The Labute approximate surface area is 97.1 Å². The standard InChI is InChI=1S/C7H5ClNO2.Na/c8-7-3-1-2-6(4-7)5-9(10)11;/h1-5H;/q-1;+1. The van der Waals surface area contributed by atoms with Crippen molar-refractivity contribution in [1.29, 1.82) is 0 Å². The van der Waals surface area contributed by atoms with Crippen LogP contribution in [0, 0.1) is 10.4 Å². The normalized spacial score (nSPS) is 8.42. The summed E-state index contributed by atoms with van der Waals surface area (Å²) in [4.78, 5) is -0.508. The molecule has 0 N–H and O–H groups in total. The van der Waals surface area contributed by atoms with E-state index in [-0.39, 0.29) is 29.6 Å². The summed E-state index contributed by atoms with van der Waals surface area (Å²) < 4.78 is 0. The van der Waals surface area contributed by atoms with Gasteiger partial charge in [-0.3, -0.25) is 0 Å². The van der Waals surface area contributed by atoms with E-state index < -0.39 is 4.90 Å². The first kappa shape index (κ1) is 11.8. The molecular weight excluding hydrogens is 189 g/mol. The van der Waals surface area contributed by atoms with Crippen molar-refractivity contribution >= 4 is 17.8 Å². The molecule has 0 unspecified atom stereocenters. The third kappa shape index (κ3) is 3.97. The maximum atomic E-state index is 9.99. The fourth-order valence-electron chi connectivity index (χ4n) is 0.709. The maximum absolute atomic E-state index is 9.99. The molecule has 0 fully saturated rings. The molecule has 0 saturated heterocycles. The Hall–Kier alpha value is -0.220. The number of hydrogen-bond acceptors (Lipinski definition) is 2. The predicted octanol–water partition coefficient (Wildman–Crippen LogP) is -1.23. The molecule has 3 nitrogen and oxygen atoms in total. The summed E-state index contributed by atoms with van der Waals surface area (Å²) in [6, 6.07) is 6.48. The summed E-state index contributed by atoms with van der Waals surface area (Å²) >= 11 is 5.59. The third-order valence-electron chi connectivity index (χ3n) is 1.10. The zero-order valence-corrected chi connectivity index (χ0v) is 9.28. The Morgan fingerprint density at radius 2 is 2.00 bits per heavy atom. The van der Waals surface area contributed by atoms with Crippen LogP contribution in [0.5, 0.6) is 0 Å². The fraction of sp³-hybridized carbons (Fsp3) is 0. The average Bonchev–Trinajstić information content (AvgIpc) is 1.85. The Morgan fingerprint density at radius 1 is 1.33 bits per heavy atom. The first-order valence-electron chi connectivity index (χ1n) is 2.92. The minimum atomic E-state index is -0.508. The second kappa shape index (κ2) is 5.43. The van der Waals surface area contributed by atoms with E-state index in [1.165, 1.54) is 6.07 Å². The van der Waals surface area contributed by atoms with Crippen molar-refractivity contribution in [2.24, 2.45) is 0 Å². The van der Waals surface area contributed by atoms with E-state index in [9.17, 15) is 10.4 Å². The van der Waals surface area contributed by atoms with Crippen LogP contribution in [0.2, 0.25) is 5.02 Å². The average molecular weight is 194 g/mol. The van der Waals surface area contributed by atoms with Crippen LogP contribution < -0.4 is 29.6 Å². The van der Waals surface area contributed by atoms with Gasteiger partial charge in [-0.05, 0) is 18.2 Å². The van der Waals surface area contributed by atoms with Gasteiger partial charge < -0.3 is 10.4 Å². The molecule has 0 bridgehead atoms. The Bertz CT molecular complexity index is 286. The van der Waals surface area contributed by atoms with Crippen molar-refractivity contribution in [1.82, 2.24) is 0 Å². The summed E-state index contributed by atoms with van der Waals surface area (Å²) in [6.45, 7) is 0. The summed E-state index contributed by atoms with van der Waals surface area (Å²) in [5.41, 5.74) is 0.502. The SMILES string of the molecule is [Na+].[O-][N+]([O-])=Cc1cccc(Cl)c1. The Morgan fingerprint density at radius 3 is 2.50 bits per heavy atom. The molecule has 0 spiro atoms. The predicted molar refractivity (Wildman–Crippen MR) is 43.6 cm³/mol. The molecule has 1 aromatic rings. The van der Waals surface area contributed by atoms with E-state index in [1.807, 2.05) is 0 Å². The number of benzene rings is 1. The van der Waals surface area contributed by atoms with Crippen molar-refractivity contribution in [3.8, 4) is 0 Å². The first-order chi connectivity index (χ1) is 5.18. The van der Waals surface area contributed by atoms with Crippen molar-refractivity contribution in [2.45, 2.75) is 0 Å². The minimum absolute atomic E-state index is 0. The molecule has 1 rings (SSSR count). The number of halogens is 1. The molecule has 0 heterocycles. The quantitative estimate of drug-likeness (QED) is 0.243. The zero-order chi connectivity index (χ0) is 8.27. The van der Waals surface area contributed by atoms with E-state index in [0.29, 0.717) is 10.6 Å². The topological polar surface area (TPSA) is 49.1 Å². The number of rotatable bonds is 1. The van der Waals surface area contributed by atoms with Crippen LogP contribution in [-0.4, -0.2) is 11.1 Å². The second-order valence-corrected chi connectivity index (χ2v) is 2.41. The van der Waals surface area contributed by atoms with Gasteiger partial charge in [-0.1, -0.05) is 17.7 Å². The van der Waals surface area contributed by atoms with Crippen molar-refractivity contribution < 1.29 is 34.5 Å². The second-order valence-electron chi connectivity index (χ2n) is 1.97. The summed E-state index contributed by atoms with van der Waals surface area (Å²) in [6.07, 6.45) is 0.909. The molecule has 0 aliphatic carbocycles. The Balaban J connectivity index is 0.00000121. The van der Waals surface area contributed by atoms with E-state index in [2.05, 4.69) is 0 Å². The summed E-state index contributed by atoms with van der Waals surface area (Å²) in [7, 11) is 0. The van der Waals surface area contributed by atoms with E-state index in [1.54, 1.807) is 18.2 Å². The molecule has 12 heavy (non-hydrogen) atoms. The minimum Gasteiger partial charge on any atom is -0.612 e. The van der Waals surface area contributed by atoms with Gasteiger partial charge in [0, 0.05) is 10.6 Å². The van der Waals surface area contributed by atoms with E-state index >= 15 is 0 Å². The van der Waals surface area contributed by atoms with Gasteiger partial charge in [-0.2, -0.15) is 4.90 Å². The van der Waals surface area contributed by atoms with Gasteiger partial charge >= 0.3 is 29.6 Å². The molecule has 0 radical (unpaired) electrons. The summed E-state index contributed by atoms with van der Waals surface area (Å²) in [5.74, 6) is 0. The van der Waals surface area contributed by atoms with Crippen LogP contribution in [0.3, 0.4) is 0 Å². The van der Waals surface area contributed by atoms with Crippen molar-refractivity contribution in [3.63, 3.8) is 0 Å². The Kier molecular flexibility index (Phi) is 5.33. The smallest absolute Gasteiger partial charge is 0.612 e. The largest absolute Gasteiger partial charge is 1.00 e. The molecule has 0 atom stereocenters. The number of nitrogens with zero attached hydrogens (tertiary/aromatic N) is 1. The van der Waals surface area contributed by atoms with Crippen LogP contribution in [0.15, 0.2) is 24.3 Å². The van der Waals surface area contributed by atoms with Crippen molar-refractivity contribution in [2.75, 3.05) is 0 Å². The van der Waals surface area contributed by atoms with Crippen LogP contribution >= 0.6 is 11.6 Å². The van der Waals surface area contributed by atoms with Gasteiger partial charge in [-0.15, -0.1) is 0 Å². The third-order valence-corrected chi connectivity index (χ3v) is 1.34. The molecule has 0 aliphatic heterocycles. The summed E-state index contributed by atoms with van der Waals surface area (Å²) in [5, 5.41) is 20.5. The first-order valence-corrected chi connectivity index (χ1v) is 3.30. The van der Waals surface area contributed by atoms with Gasteiger partial charge in [0.25, 0.3) is 0 Å². The van der Waals surface area contributed by atoms with Crippen molar-refractivity contribution in [3.05, 3.63) is 45.3 Å². The molecule has 0 saturated carbocycles. The molecule has 1 aromatic carbocycles. The molecule has 5 heteroatoms. The molecule has 58 valence electrons. The van der Waals surface area contributed by atoms with Crippen LogP contribution in [-0.2, 0) is 0 Å². The number of hydrogen-bond donors (Lipinski definition) is 0. The fourth-order valence-corrected chi connectivity index (χ4v) is 0.907.